The van der Waals surface area contributed by atoms with Crippen LogP contribution in [0.1, 0.15) is 68.3 Å². The Labute approximate surface area is 228 Å². The molecule has 1 saturated heterocycles. The monoisotopic (exact) mass is 535 g/mol. The van der Waals surface area contributed by atoms with E-state index < -0.39 is 12.1 Å². The number of aromatic amines is 1. The highest BCUT2D eigenvalue weighted by Gasteiger charge is 2.50. The van der Waals surface area contributed by atoms with Crippen molar-refractivity contribution in [2.75, 3.05) is 20.3 Å². The maximum absolute atomic E-state index is 13.9. The maximum Gasteiger partial charge on any atom is 0.271 e. The molecule has 2 amide bonds. The first-order valence-corrected chi connectivity index (χ1v) is 14.4. The molecule has 1 aromatic heterocycles. The largest absolute Gasteiger partial charge is 0.496 e. The van der Waals surface area contributed by atoms with Crippen molar-refractivity contribution in [3.8, 4) is 5.75 Å². The lowest BCUT2D eigenvalue weighted by Gasteiger charge is -2.29. The molecular weight excluding hydrogens is 498 g/mol. The van der Waals surface area contributed by atoms with Crippen LogP contribution in [-0.2, 0) is 19.1 Å². The van der Waals surface area contributed by atoms with Crippen LogP contribution >= 0.6 is 0 Å². The van der Waals surface area contributed by atoms with Crippen LogP contribution in [0.3, 0.4) is 0 Å². The summed E-state index contributed by atoms with van der Waals surface area (Å²) in [7, 11) is 1.60. The number of Topliss-reactive ketones (excluding diaryl/α,β-unsaturated/α-hetero) is 2. The van der Waals surface area contributed by atoms with Crippen LogP contribution < -0.4 is 10.1 Å². The molecule has 0 spiro atoms. The van der Waals surface area contributed by atoms with Crippen LogP contribution in [0.5, 0.6) is 5.75 Å². The lowest BCUT2D eigenvalue weighted by Crippen LogP contribution is -2.53. The Morgan fingerprint density at radius 3 is 2.72 bits per heavy atom. The van der Waals surface area contributed by atoms with Crippen LogP contribution in [-0.4, -0.2) is 71.7 Å². The van der Waals surface area contributed by atoms with Crippen molar-refractivity contribution in [3.63, 3.8) is 0 Å². The molecule has 0 bridgehead atoms. The first-order chi connectivity index (χ1) is 18.9. The molecule has 6 rings (SSSR count). The van der Waals surface area contributed by atoms with E-state index in [2.05, 4.69) is 10.3 Å². The topological polar surface area (TPSA) is 118 Å². The molecule has 39 heavy (non-hydrogen) atoms. The molecule has 1 aliphatic heterocycles. The Morgan fingerprint density at radius 2 is 1.97 bits per heavy atom. The number of hydrogen-bond acceptors (Lipinski definition) is 6. The molecule has 9 nitrogen and oxygen atoms in total. The van der Waals surface area contributed by atoms with Gasteiger partial charge in [-0.1, -0.05) is 12.5 Å². The number of ether oxygens (including phenoxy) is 2. The summed E-state index contributed by atoms with van der Waals surface area (Å²) in [6.45, 7) is 0.450. The highest BCUT2D eigenvalue weighted by Crippen LogP contribution is 2.43. The molecule has 2 aromatic rings. The Hall–Kier alpha value is -3.20. The van der Waals surface area contributed by atoms with Crippen molar-refractivity contribution in [1.82, 2.24) is 15.2 Å². The van der Waals surface area contributed by atoms with Crippen LogP contribution in [0.25, 0.3) is 10.9 Å². The molecule has 9 heteroatoms. The fourth-order valence-corrected chi connectivity index (χ4v) is 6.91. The SMILES string of the molecule is COc1cccc2[nH]c(C(=O)N3CC4CCCC4C3C(=O)NC(CC3CCCC3=O)C(=O)COC3CC3)cc12. The zero-order chi connectivity index (χ0) is 27.1. The minimum absolute atomic E-state index is 0.0550. The van der Waals surface area contributed by atoms with Gasteiger partial charge < -0.3 is 24.7 Å². The minimum Gasteiger partial charge on any atom is -0.496 e. The number of amides is 2. The van der Waals surface area contributed by atoms with Gasteiger partial charge in [-0.25, -0.2) is 0 Å². The number of carbonyl (C=O) groups excluding carboxylic acids is 4. The van der Waals surface area contributed by atoms with E-state index in [1.165, 1.54) is 0 Å². The van der Waals surface area contributed by atoms with Crippen molar-refractivity contribution in [3.05, 3.63) is 30.0 Å². The number of likely N-dealkylation sites (tertiary alicyclic amines) is 1. The molecule has 4 fully saturated rings. The standard InChI is InChI=1S/C30H37N3O6/c1-38-27-10-4-8-22-21(27)14-24(31-22)30(37)33-15-18-6-2-7-20(18)28(33)29(36)32-23(13-17-5-3-9-25(17)34)26(35)16-39-19-11-12-19/h4,8,10,14,17-20,23,28,31H,2-3,5-7,9,11-13,15-16H2,1H3,(H,32,36). The molecule has 1 aromatic carbocycles. The zero-order valence-corrected chi connectivity index (χ0v) is 22.4. The van der Waals surface area contributed by atoms with Gasteiger partial charge in [0.15, 0.2) is 5.78 Å². The van der Waals surface area contributed by atoms with Gasteiger partial charge in [0.25, 0.3) is 5.91 Å². The van der Waals surface area contributed by atoms with Crippen molar-refractivity contribution in [1.29, 1.82) is 0 Å². The quantitative estimate of drug-likeness (QED) is 0.482. The fourth-order valence-electron chi connectivity index (χ4n) is 6.91. The second kappa shape index (κ2) is 10.8. The van der Waals surface area contributed by atoms with E-state index in [4.69, 9.17) is 9.47 Å². The van der Waals surface area contributed by atoms with Crippen LogP contribution in [0.2, 0.25) is 0 Å². The second-order valence-electron chi connectivity index (χ2n) is 11.7. The number of nitrogens with zero attached hydrogens (tertiary/aromatic N) is 1. The molecule has 5 unspecified atom stereocenters. The summed E-state index contributed by atoms with van der Waals surface area (Å²) in [5.74, 6) is 0.195. The summed E-state index contributed by atoms with van der Waals surface area (Å²) in [4.78, 5) is 58.2. The smallest absolute Gasteiger partial charge is 0.271 e. The number of hydrogen-bond donors (Lipinski definition) is 2. The average Bonchev–Trinajstić information content (AvgIpc) is 3.26. The van der Waals surface area contributed by atoms with E-state index in [1.807, 2.05) is 18.2 Å². The Morgan fingerprint density at radius 1 is 1.13 bits per heavy atom. The molecule has 2 N–H and O–H groups in total. The van der Waals surface area contributed by atoms with Gasteiger partial charge in [0.2, 0.25) is 5.91 Å². The Bertz CT molecular complexity index is 1280. The lowest BCUT2D eigenvalue weighted by atomic mass is 9.91. The first kappa shape index (κ1) is 26.0. The van der Waals surface area contributed by atoms with Crippen LogP contribution in [0.15, 0.2) is 24.3 Å². The Balaban J connectivity index is 1.23. The molecule has 3 aliphatic carbocycles. The van der Waals surface area contributed by atoms with Gasteiger partial charge in [0.1, 0.15) is 29.9 Å². The van der Waals surface area contributed by atoms with E-state index in [9.17, 15) is 19.2 Å². The molecule has 0 radical (unpaired) electrons. The van der Waals surface area contributed by atoms with Crippen molar-refractivity contribution >= 4 is 34.3 Å². The predicted octanol–water partition coefficient (Wildman–Crippen LogP) is 3.41. The number of methoxy groups -OCH3 is 1. The highest BCUT2D eigenvalue weighted by atomic mass is 16.5. The van der Waals surface area contributed by atoms with Crippen LogP contribution in [0, 0.1) is 17.8 Å². The van der Waals surface area contributed by atoms with Crippen molar-refractivity contribution in [2.45, 2.75) is 76.0 Å². The number of aromatic nitrogens is 1. The van der Waals surface area contributed by atoms with E-state index in [-0.39, 0.29) is 53.8 Å². The summed E-state index contributed by atoms with van der Waals surface area (Å²) >= 11 is 0. The van der Waals surface area contributed by atoms with Gasteiger partial charge in [-0.05, 0) is 75.0 Å². The number of nitrogens with one attached hydrogen (secondary N) is 2. The van der Waals surface area contributed by atoms with Gasteiger partial charge in [-0.2, -0.15) is 0 Å². The summed E-state index contributed by atoms with van der Waals surface area (Å²) in [6, 6.07) is 5.94. The maximum atomic E-state index is 13.9. The fraction of sp³-hybridized carbons (Fsp3) is 0.600. The summed E-state index contributed by atoms with van der Waals surface area (Å²) in [5, 5.41) is 3.81. The van der Waals surface area contributed by atoms with Crippen molar-refractivity contribution in [2.24, 2.45) is 17.8 Å². The highest BCUT2D eigenvalue weighted by molar-refractivity contribution is 6.02. The van der Waals surface area contributed by atoms with Gasteiger partial charge >= 0.3 is 0 Å². The molecule has 4 aliphatic rings. The lowest BCUT2D eigenvalue weighted by molar-refractivity contribution is -0.134. The molecule has 2 heterocycles. The molecular formula is C30H37N3O6. The van der Waals surface area contributed by atoms with Gasteiger partial charge in [-0.3, -0.25) is 19.2 Å². The number of rotatable bonds is 10. The summed E-state index contributed by atoms with van der Waals surface area (Å²) in [5.41, 5.74) is 1.20. The van der Waals surface area contributed by atoms with Crippen molar-refractivity contribution < 1.29 is 28.7 Å². The van der Waals surface area contributed by atoms with Crippen LogP contribution in [0.4, 0.5) is 0 Å². The molecule has 5 atom stereocenters. The number of H-pyrrole nitrogens is 1. The Kier molecular flexibility index (Phi) is 7.18. The zero-order valence-electron chi connectivity index (χ0n) is 22.4. The number of benzene rings is 1. The normalized spacial score (nSPS) is 27.1. The summed E-state index contributed by atoms with van der Waals surface area (Å²) < 4.78 is 11.1. The van der Waals surface area contributed by atoms with E-state index in [0.29, 0.717) is 30.8 Å². The minimum atomic E-state index is -0.793. The molecule has 208 valence electrons. The van der Waals surface area contributed by atoms with Gasteiger partial charge in [0, 0.05) is 29.8 Å². The number of ketones is 2. The van der Waals surface area contributed by atoms with E-state index >= 15 is 0 Å². The third-order valence-corrected chi connectivity index (χ3v) is 9.14. The number of carbonyl (C=O) groups is 4. The summed E-state index contributed by atoms with van der Waals surface area (Å²) in [6.07, 6.45) is 7.29. The predicted molar refractivity (Wildman–Crippen MR) is 143 cm³/mol. The molecule has 3 saturated carbocycles. The van der Waals surface area contributed by atoms with Gasteiger partial charge in [-0.15, -0.1) is 0 Å². The first-order valence-electron chi connectivity index (χ1n) is 14.4. The average molecular weight is 536 g/mol. The number of fused-ring (bicyclic) bond motifs is 2. The van der Waals surface area contributed by atoms with Gasteiger partial charge in [0.05, 0.1) is 19.3 Å². The van der Waals surface area contributed by atoms with E-state index in [0.717, 1.165) is 55.8 Å². The third kappa shape index (κ3) is 5.21. The van der Waals surface area contributed by atoms with E-state index in [1.54, 1.807) is 18.1 Å². The second-order valence-corrected chi connectivity index (χ2v) is 11.7. The third-order valence-electron chi connectivity index (χ3n) is 9.14.